The number of rotatable bonds is 10. The van der Waals surface area contributed by atoms with Crippen molar-refractivity contribution >= 4 is 21.9 Å². The molecule has 0 spiro atoms. The topological polar surface area (TPSA) is 144 Å². The minimum Gasteiger partial charge on any atom is -0.478 e. The van der Waals surface area contributed by atoms with Gasteiger partial charge in [0.2, 0.25) is 11.8 Å². The zero-order chi connectivity index (χ0) is 30.7. The van der Waals surface area contributed by atoms with Crippen LogP contribution in [0.1, 0.15) is 65.9 Å². The molecular weight excluding hydrogens is 552 g/mol. The highest BCUT2D eigenvalue weighted by Gasteiger charge is 2.22. The third kappa shape index (κ3) is 7.13. The molecule has 10 heteroatoms. The Morgan fingerprint density at radius 3 is 2.21 bits per heavy atom. The van der Waals surface area contributed by atoms with E-state index in [1.165, 1.54) is 23.8 Å². The highest BCUT2D eigenvalue weighted by atomic mass is 32.2. The summed E-state index contributed by atoms with van der Waals surface area (Å²) in [4.78, 5) is 20.1. The minimum absolute atomic E-state index is 0.00818. The van der Waals surface area contributed by atoms with Crippen LogP contribution in [-0.2, 0) is 15.4 Å². The first-order chi connectivity index (χ1) is 19.8. The molecule has 0 radical (unpaired) electrons. The van der Waals surface area contributed by atoms with Crippen molar-refractivity contribution in [3.05, 3.63) is 101 Å². The lowest BCUT2D eigenvalue weighted by Gasteiger charge is -2.22. The number of nitrogens with one attached hydrogen (secondary N) is 1. The molecule has 1 atom stereocenters. The summed E-state index contributed by atoms with van der Waals surface area (Å²) in [6.45, 7) is 10.7. The SMILES string of the molecule is Cc1cccc(C)c1-c1cc(OC(CCN)c2ccc(C(C)(C)C)cc2)nc(NS(=O)(=O)c2cccc(C(=O)O)c2)n1. The van der Waals surface area contributed by atoms with Crippen molar-refractivity contribution in [1.29, 1.82) is 0 Å². The van der Waals surface area contributed by atoms with Crippen LogP contribution in [0.15, 0.2) is 77.7 Å². The second-order valence-corrected chi connectivity index (χ2v) is 12.9. The number of aromatic nitrogens is 2. The zero-order valence-electron chi connectivity index (χ0n) is 24.4. The average molecular weight is 589 g/mol. The predicted molar refractivity (Wildman–Crippen MR) is 163 cm³/mol. The average Bonchev–Trinajstić information content (AvgIpc) is 2.92. The number of anilines is 1. The highest BCUT2D eigenvalue weighted by Crippen LogP contribution is 2.32. The van der Waals surface area contributed by atoms with Crippen LogP contribution in [0.5, 0.6) is 5.88 Å². The van der Waals surface area contributed by atoms with Crippen LogP contribution >= 0.6 is 0 Å². The van der Waals surface area contributed by atoms with Crippen molar-refractivity contribution in [2.45, 2.75) is 57.5 Å². The Morgan fingerprint density at radius 2 is 1.62 bits per heavy atom. The highest BCUT2D eigenvalue weighted by molar-refractivity contribution is 7.92. The number of carboxylic acid groups (broad SMARTS) is 1. The summed E-state index contributed by atoms with van der Waals surface area (Å²) in [5.41, 5.74) is 11.1. The third-order valence-corrected chi connectivity index (χ3v) is 8.22. The number of aromatic carboxylic acids is 1. The summed E-state index contributed by atoms with van der Waals surface area (Å²) >= 11 is 0. The van der Waals surface area contributed by atoms with E-state index in [1.54, 1.807) is 6.07 Å². The summed E-state index contributed by atoms with van der Waals surface area (Å²) in [7, 11) is -4.23. The van der Waals surface area contributed by atoms with Crippen LogP contribution in [0.25, 0.3) is 11.3 Å². The fourth-order valence-electron chi connectivity index (χ4n) is 4.64. The van der Waals surface area contributed by atoms with Gasteiger partial charge < -0.3 is 15.6 Å². The number of benzene rings is 3. The minimum atomic E-state index is -4.23. The lowest BCUT2D eigenvalue weighted by Crippen LogP contribution is -2.18. The van der Waals surface area contributed by atoms with E-state index in [-0.39, 0.29) is 27.7 Å². The molecule has 1 unspecified atom stereocenters. The van der Waals surface area contributed by atoms with Crippen molar-refractivity contribution in [2.24, 2.45) is 5.73 Å². The maximum atomic E-state index is 13.3. The van der Waals surface area contributed by atoms with E-state index in [2.05, 4.69) is 47.6 Å². The van der Waals surface area contributed by atoms with E-state index in [0.717, 1.165) is 28.3 Å². The molecule has 4 aromatic rings. The molecule has 0 aliphatic heterocycles. The molecule has 0 bridgehead atoms. The van der Waals surface area contributed by atoms with E-state index in [0.29, 0.717) is 18.7 Å². The van der Waals surface area contributed by atoms with E-state index in [9.17, 15) is 18.3 Å². The Balaban J connectivity index is 1.77. The molecule has 0 fully saturated rings. The molecule has 9 nitrogen and oxygen atoms in total. The Kier molecular flexibility index (Phi) is 8.98. The summed E-state index contributed by atoms with van der Waals surface area (Å²) in [6.07, 6.45) is 0.0575. The fraction of sp³-hybridized carbons (Fsp3) is 0.281. The summed E-state index contributed by atoms with van der Waals surface area (Å²) in [5.74, 6) is -1.28. The van der Waals surface area contributed by atoms with Crippen molar-refractivity contribution in [3.63, 3.8) is 0 Å². The van der Waals surface area contributed by atoms with E-state index < -0.39 is 22.1 Å². The van der Waals surface area contributed by atoms with Crippen LogP contribution < -0.4 is 15.2 Å². The van der Waals surface area contributed by atoms with E-state index >= 15 is 0 Å². The molecule has 3 aromatic carbocycles. The van der Waals surface area contributed by atoms with Crippen LogP contribution in [-0.4, -0.2) is 36.0 Å². The number of ether oxygens (including phenoxy) is 1. The molecule has 0 amide bonds. The molecule has 220 valence electrons. The van der Waals surface area contributed by atoms with Gasteiger partial charge >= 0.3 is 5.97 Å². The first-order valence-corrected chi connectivity index (χ1v) is 15.1. The molecule has 0 saturated carbocycles. The monoisotopic (exact) mass is 588 g/mol. The van der Waals surface area contributed by atoms with Crippen LogP contribution in [0, 0.1) is 13.8 Å². The molecule has 1 heterocycles. The van der Waals surface area contributed by atoms with Crippen molar-refractivity contribution < 1.29 is 23.1 Å². The van der Waals surface area contributed by atoms with Gasteiger partial charge in [-0.05, 0) is 66.3 Å². The number of carbonyl (C=O) groups is 1. The van der Waals surface area contributed by atoms with Gasteiger partial charge in [-0.15, -0.1) is 0 Å². The standard InChI is InChI=1S/C32H36N4O5S/c1-20-8-6-9-21(2)29(20)26-19-28(41-27(16-17-33)22-12-14-24(15-13-22)32(3,4)5)35-31(34-26)36-42(39,40)25-11-7-10-23(18-25)30(37)38/h6-15,18-19,27H,16-17,33H2,1-5H3,(H,37,38)(H,34,35,36). The van der Waals surface area contributed by atoms with E-state index in [4.69, 9.17) is 10.5 Å². The van der Waals surface area contributed by atoms with Gasteiger partial charge in [-0.3, -0.25) is 0 Å². The Hall–Kier alpha value is -4.28. The molecule has 4 N–H and O–H groups in total. The summed E-state index contributed by atoms with van der Waals surface area (Å²) in [6, 6.07) is 20.7. The molecule has 0 saturated heterocycles. The zero-order valence-corrected chi connectivity index (χ0v) is 25.2. The Morgan fingerprint density at radius 1 is 0.976 bits per heavy atom. The second kappa shape index (κ2) is 12.3. The van der Waals surface area contributed by atoms with Gasteiger partial charge in [0, 0.05) is 18.1 Å². The first-order valence-electron chi connectivity index (χ1n) is 13.6. The van der Waals surface area contributed by atoms with Crippen molar-refractivity contribution in [3.8, 4) is 17.1 Å². The van der Waals surface area contributed by atoms with Crippen LogP contribution in [0.2, 0.25) is 0 Å². The Labute approximate surface area is 246 Å². The van der Waals surface area contributed by atoms with Crippen molar-refractivity contribution in [2.75, 3.05) is 11.3 Å². The number of sulfonamides is 1. The molecule has 1 aromatic heterocycles. The lowest BCUT2D eigenvalue weighted by molar-refractivity contribution is 0.0696. The number of aryl methyl sites for hydroxylation is 2. The number of carboxylic acids is 1. The number of hydrogen-bond donors (Lipinski definition) is 3. The summed E-state index contributed by atoms with van der Waals surface area (Å²) in [5, 5.41) is 9.33. The number of hydrogen-bond acceptors (Lipinski definition) is 7. The molecule has 0 aliphatic carbocycles. The van der Waals surface area contributed by atoms with Gasteiger partial charge in [0.25, 0.3) is 10.0 Å². The van der Waals surface area contributed by atoms with Gasteiger partial charge in [0.1, 0.15) is 6.10 Å². The lowest BCUT2D eigenvalue weighted by atomic mass is 9.86. The predicted octanol–water partition coefficient (Wildman–Crippen LogP) is 6.03. The third-order valence-electron chi connectivity index (χ3n) is 6.90. The molecular formula is C32H36N4O5S. The largest absolute Gasteiger partial charge is 0.478 e. The maximum Gasteiger partial charge on any atom is 0.335 e. The quantitative estimate of drug-likeness (QED) is 0.204. The van der Waals surface area contributed by atoms with Gasteiger partial charge in [0.05, 0.1) is 16.2 Å². The summed E-state index contributed by atoms with van der Waals surface area (Å²) < 4.78 is 35.4. The van der Waals surface area contributed by atoms with Gasteiger partial charge in [-0.2, -0.15) is 4.98 Å². The van der Waals surface area contributed by atoms with E-state index in [1.807, 2.05) is 44.2 Å². The molecule has 4 rings (SSSR count). The molecule has 0 aliphatic rings. The van der Waals surface area contributed by atoms with Crippen LogP contribution in [0.3, 0.4) is 0 Å². The maximum absolute atomic E-state index is 13.3. The fourth-order valence-corrected chi connectivity index (χ4v) is 5.63. The smallest absolute Gasteiger partial charge is 0.335 e. The normalized spacial score (nSPS) is 12.5. The van der Waals surface area contributed by atoms with Crippen molar-refractivity contribution in [1.82, 2.24) is 9.97 Å². The van der Waals surface area contributed by atoms with Gasteiger partial charge in [0.15, 0.2) is 0 Å². The number of nitrogens with two attached hydrogens (primary N) is 1. The first kappa shape index (κ1) is 30.7. The van der Waals surface area contributed by atoms with Gasteiger partial charge in [-0.25, -0.2) is 22.9 Å². The number of nitrogens with zero attached hydrogens (tertiary/aromatic N) is 2. The Bertz CT molecular complexity index is 1680. The van der Waals surface area contributed by atoms with Crippen LogP contribution in [0.4, 0.5) is 5.95 Å². The van der Waals surface area contributed by atoms with Gasteiger partial charge in [-0.1, -0.05) is 69.3 Å². The molecule has 42 heavy (non-hydrogen) atoms. The second-order valence-electron chi connectivity index (χ2n) is 11.2.